The summed E-state index contributed by atoms with van der Waals surface area (Å²) in [5.74, 6) is 0. The van der Waals surface area contributed by atoms with E-state index < -0.39 is 21.9 Å². The van der Waals surface area contributed by atoms with Gasteiger partial charge in [0.25, 0.3) is 0 Å². The summed E-state index contributed by atoms with van der Waals surface area (Å²) in [6.45, 7) is 1.76. The smallest absolute Gasteiger partial charge is 0.281 e. The summed E-state index contributed by atoms with van der Waals surface area (Å²) in [4.78, 5) is 8.97. The molecule has 164 valence electrons. The van der Waals surface area contributed by atoms with E-state index in [4.69, 9.17) is 0 Å². The van der Waals surface area contributed by atoms with Gasteiger partial charge in [0.1, 0.15) is 0 Å². The molecule has 10 heteroatoms. The Balaban J connectivity index is 1.76. The minimum absolute atomic E-state index is 0.204. The molecule has 1 N–H and O–H groups in total. The Hall–Kier alpha value is -3.08. The Morgan fingerprint density at radius 1 is 0.875 bits per heavy atom. The van der Waals surface area contributed by atoms with Crippen LogP contribution in [-0.2, 0) is 16.3 Å². The summed E-state index contributed by atoms with van der Waals surface area (Å²) in [6.07, 6.45) is -4.41. The fourth-order valence-corrected chi connectivity index (χ4v) is 4.96. The lowest BCUT2D eigenvalue weighted by atomic mass is 10.0. The third-order valence-corrected chi connectivity index (χ3v) is 6.97. The molecule has 0 saturated heterocycles. The third kappa shape index (κ3) is 4.57. The molecule has 3 heterocycles. The van der Waals surface area contributed by atoms with E-state index in [0.717, 1.165) is 23.5 Å². The standard InChI is InChI=1S/C22H15F3N2O3S2/c1-13-11-15(14-5-7-16(8-6-14)22(23,24)25)12-20(26-13)19-4-2-3-18(27-19)17-9-10-31-21(17)32(28,29)30/h2-12H,1H3,(H,28,29,30). The van der Waals surface area contributed by atoms with Gasteiger partial charge in [-0.1, -0.05) is 18.2 Å². The van der Waals surface area contributed by atoms with Crippen LogP contribution in [-0.4, -0.2) is 22.9 Å². The highest BCUT2D eigenvalue weighted by Gasteiger charge is 2.30. The summed E-state index contributed by atoms with van der Waals surface area (Å²) >= 11 is 0.884. The van der Waals surface area contributed by atoms with Crippen molar-refractivity contribution in [2.45, 2.75) is 17.3 Å². The first-order valence-corrected chi connectivity index (χ1v) is 11.5. The maximum absolute atomic E-state index is 12.9. The molecule has 0 aliphatic heterocycles. The van der Waals surface area contributed by atoms with Crippen molar-refractivity contribution in [2.24, 2.45) is 0 Å². The molecule has 0 atom stereocenters. The van der Waals surface area contributed by atoms with Crippen LogP contribution in [0.15, 0.2) is 70.3 Å². The second-order valence-corrected chi connectivity index (χ2v) is 9.50. The van der Waals surface area contributed by atoms with Crippen LogP contribution in [0.4, 0.5) is 13.2 Å². The Kier molecular flexibility index (Phi) is 5.61. The van der Waals surface area contributed by atoms with Gasteiger partial charge in [-0.3, -0.25) is 9.54 Å². The highest BCUT2D eigenvalue weighted by molar-refractivity contribution is 7.88. The van der Waals surface area contributed by atoms with Gasteiger partial charge in [-0.05, 0) is 65.9 Å². The second-order valence-electron chi connectivity index (χ2n) is 6.96. The SMILES string of the molecule is Cc1cc(-c2ccc(C(F)(F)F)cc2)cc(-c2cccc(-c3ccsc3S(=O)(=O)O)n2)n1. The van der Waals surface area contributed by atoms with Crippen LogP contribution in [0.5, 0.6) is 0 Å². The molecule has 0 fully saturated rings. The Morgan fingerprint density at radius 2 is 1.56 bits per heavy atom. The summed E-state index contributed by atoms with van der Waals surface area (Å²) in [5, 5.41) is 1.54. The molecule has 1 aromatic carbocycles. The van der Waals surface area contributed by atoms with E-state index >= 15 is 0 Å². The average Bonchev–Trinajstić information content (AvgIpc) is 3.24. The molecule has 0 radical (unpaired) electrons. The highest BCUT2D eigenvalue weighted by Crippen LogP contribution is 2.34. The molecule has 5 nitrogen and oxygen atoms in total. The number of pyridine rings is 2. The normalized spacial score (nSPS) is 12.2. The number of alkyl halides is 3. The molecule has 32 heavy (non-hydrogen) atoms. The van der Waals surface area contributed by atoms with E-state index in [1.165, 1.54) is 12.1 Å². The molecule has 0 aliphatic carbocycles. The minimum Gasteiger partial charge on any atom is -0.281 e. The van der Waals surface area contributed by atoms with Crippen LogP contribution in [0.2, 0.25) is 0 Å². The molecule has 0 bridgehead atoms. The van der Waals surface area contributed by atoms with Crippen LogP contribution in [0.1, 0.15) is 11.3 Å². The Labute approximate surface area is 186 Å². The molecule has 0 spiro atoms. The zero-order chi connectivity index (χ0) is 23.1. The molecule has 4 aromatic rings. The monoisotopic (exact) mass is 476 g/mol. The maximum Gasteiger partial charge on any atom is 0.416 e. The molecular formula is C22H15F3N2O3S2. The lowest BCUT2D eigenvalue weighted by Crippen LogP contribution is -2.04. The first-order valence-electron chi connectivity index (χ1n) is 9.21. The van der Waals surface area contributed by atoms with E-state index in [2.05, 4.69) is 9.97 Å². The van der Waals surface area contributed by atoms with Crippen molar-refractivity contribution in [1.29, 1.82) is 0 Å². The summed E-state index contributed by atoms with van der Waals surface area (Å²) in [7, 11) is -4.40. The number of aryl methyl sites for hydroxylation is 1. The van der Waals surface area contributed by atoms with E-state index in [1.54, 1.807) is 48.7 Å². The quantitative estimate of drug-likeness (QED) is 0.359. The number of aromatic nitrogens is 2. The van der Waals surface area contributed by atoms with Crippen molar-refractivity contribution in [3.8, 4) is 33.8 Å². The number of rotatable bonds is 4. The van der Waals surface area contributed by atoms with Crippen molar-refractivity contribution >= 4 is 21.5 Å². The number of thiophene rings is 1. The maximum atomic E-state index is 12.9. The van der Waals surface area contributed by atoms with Gasteiger partial charge < -0.3 is 0 Å². The lowest BCUT2D eigenvalue weighted by Gasteiger charge is -2.10. The predicted molar refractivity (Wildman–Crippen MR) is 116 cm³/mol. The van der Waals surface area contributed by atoms with Gasteiger partial charge in [0.05, 0.1) is 22.6 Å². The van der Waals surface area contributed by atoms with E-state index in [9.17, 15) is 26.1 Å². The first kappa shape index (κ1) is 22.1. The molecule has 0 saturated carbocycles. The number of nitrogens with zero attached hydrogens (tertiary/aromatic N) is 2. The summed E-state index contributed by atoms with van der Waals surface area (Å²) in [6, 6.07) is 14.9. The topological polar surface area (TPSA) is 80.2 Å². The molecule has 0 unspecified atom stereocenters. The average molecular weight is 477 g/mol. The van der Waals surface area contributed by atoms with Gasteiger partial charge in [0.2, 0.25) is 0 Å². The third-order valence-electron chi connectivity index (χ3n) is 4.65. The van der Waals surface area contributed by atoms with Crippen LogP contribution in [0.3, 0.4) is 0 Å². The van der Waals surface area contributed by atoms with Gasteiger partial charge in [-0.2, -0.15) is 21.6 Å². The number of halogens is 3. The largest absolute Gasteiger partial charge is 0.416 e. The van der Waals surface area contributed by atoms with E-state index in [0.29, 0.717) is 33.9 Å². The van der Waals surface area contributed by atoms with Gasteiger partial charge in [0.15, 0.2) is 4.21 Å². The van der Waals surface area contributed by atoms with Gasteiger partial charge in [-0.15, -0.1) is 11.3 Å². The lowest BCUT2D eigenvalue weighted by molar-refractivity contribution is -0.137. The summed E-state index contributed by atoms with van der Waals surface area (Å²) in [5.41, 5.74) is 2.71. The highest BCUT2D eigenvalue weighted by atomic mass is 32.3. The van der Waals surface area contributed by atoms with Crippen molar-refractivity contribution in [2.75, 3.05) is 0 Å². The van der Waals surface area contributed by atoms with Crippen molar-refractivity contribution < 1.29 is 26.1 Å². The van der Waals surface area contributed by atoms with Crippen LogP contribution in [0.25, 0.3) is 33.8 Å². The van der Waals surface area contributed by atoms with Gasteiger partial charge >= 0.3 is 16.3 Å². The van der Waals surface area contributed by atoms with Gasteiger partial charge in [0, 0.05) is 11.3 Å². The van der Waals surface area contributed by atoms with Crippen LogP contribution >= 0.6 is 11.3 Å². The minimum atomic E-state index is -4.41. The first-order chi connectivity index (χ1) is 15.0. The van der Waals surface area contributed by atoms with E-state index in [-0.39, 0.29) is 9.77 Å². The molecule has 0 aliphatic rings. The van der Waals surface area contributed by atoms with Crippen molar-refractivity contribution in [3.63, 3.8) is 0 Å². The molecule has 4 rings (SSSR count). The van der Waals surface area contributed by atoms with Crippen LogP contribution < -0.4 is 0 Å². The fraction of sp³-hybridized carbons (Fsp3) is 0.0909. The van der Waals surface area contributed by atoms with Crippen LogP contribution in [0, 0.1) is 6.92 Å². The zero-order valence-electron chi connectivity index (χ0n) is 16.5. The van der Waals surface area contributed by atoms with E-state index in [1.807, 2.05) is 0 Å². The number of hydrogen-bond donors (Lipinski definition) is 1. The predicted octanol–water partition coefficient (Wildman–Crippen LogP) is 6.11. The fourth-order valence-electron chi connectivity index (χ4n) is 3.23. The van der Waals surface area contributed by atoms with Crippen molar-refractivity contribution in [1.82, 2.24) is 9.97 Å². The molecular weight excluding hydrogens is 461 g/mol. The summed E-state index contributed by atoms with van der Waals surface area (Å²) < 4.78 is 71.1. The molecule has 3 aromatic heterocycles. The Bertz CT molecular complexity index is 1400. The number of benzene rings is 1. The molecule has 0 amide bonds. The van der Waals surface area contributed by atoms with Gasteiger partial charge in [-0.25, -0.2) is 4.98 Å². The van der Waals surface area contributed by atoms with Crippen molar-refractivity contribution in [3.05, 3.63) is 77.3 Å². The Morgan fingerprint density at radius 3 is 2.22 bits per heavy atom. The second kappa shape index (κ2) is 8.12. The zero-order valence-corrected chi connectivity index (χ0v) is 18.1. The number of hydrogen-bond acceptors (Lipinski definition) is 5.